The molecule has 11 nitrogen and oxygen atoms in total. The molecule has 2 saturated heterocycles. The van der Waals surface area contributed by atoms with Crippen molar-refractivity contribution in [2.75, 3.05) is 42.5 Å². The summed E-state index contributed by atoms with van der Waals surface area (Å²) in [4.78, 5) is 41.6. The summed E-state index contributed by atoms with van der Waals surface area (Å²) < 4.78 is 86.1. The molecule has 0 bridgehead atoms. The predicted octanol–water partition coefficient (Wildman–Crippen LogP) is 4.13. The average Bonchev–Trinajstić information content (AvgIpc) is 2.97. The number of aromatic amines is 1. The molecular weight excluding hydrogens is 586 g/mol. The largest absolute Gasteiger partial charge is 0.436 e. The monoisotopic (exact) mass is 612 g/mol. The molecule has 0 aliphatic carbocycles. The lowest BCUT2D eigenvalue weighted by Crippen LogP contribution is -2.54. The van der Waals surface area contributed by atoms with E-state index in [9.17, 15) is 35.9 Å². The lowest BCUT2D eigenvalue weighted by atomic mass is 10.1. The van der Waals surface area contributed by atoms with Gasteiger partial charge in [0.1, 0.15) is 22.9 Å². The van der Waals surface area contributed by atoms with Gasteiger partial charge in [0, 0.05) is 51.0 Å². The highest BCUT2D eigenvalue weighted by Crippen LogP contribution is 2.41. The van der Waals surface area contributed by atoms with Crippen molar-refractivity contribution >= 4 is 17.4 Å². The number of amides is 1. The van der Waals surface area contributed by atoms with Crippen LogP contribution in [-0.2, 0) is 12.4 Å². The molecule has 17 heteroatoms. The highest BCUT2D eigenvalue weighted by atomic mass is 19.4. The summed E-state index contributed by atoms with van der Waals surface area (Å²) in [6.45, 7) is 2.97. The number of rotatable bonds is 5. The summed E-state index contributed by atoms with van der Waals surface area (Å²) in [6, 6.07) is 2.28. The van der Waals surface area contributed by atoms with Gasteiger partial charge in [0.2, 0.25) is 0 Å². The number of halogens is 6. The van der Waals surface area contributed by atoms with Crippen LogP contribution in [0.1, 0.15) is 47.9 Å². The summed E-state index contributed by atoms with van der Waals surface area (Å²) >= 11 is 0. The van der Waals surface area contributed by atoms with Crippen molar-refractivity contribution in [2.45, 2.75) is 44.6 Å². The maximum Gasteiger partial charge on any atom is 0.434 e. The van der Waals surface area contributed by atoms with Gasteiger partial charge in [-0.25, -0.2) is 15.1 Å². The number of piperazine rings is 1. The molecule has 5 heterocycles. The van der Waals surface area contributed by atoms with Crippen molar-refractivity contribution in [3.8, 4) is 11.6 Å². The third-order valence-corrected chi connectivity index (χ3v) is 7.18. The summed E-state index contributed by atoms with van der Waals surface area (Å²) in [5.74, 6) is -0.733. The quantitative estimate of drug-likeness (QED) is 0.424. The first-order valence-corrected chi connectivity index (χ1v) is 13.4. The Bertz CT molecular complexity index is 1520. The maximum atomic E-state index is 13.9. The normalized spacial score (nSPS) is 18.1. The molecule has 1 N–H and O–H groups in total. The number of piperidine rings is 1. The Morgan fingerprint density at radius 3 is 2.35 bits per heavy atom. The van der Waals surface area contributed by atoms with Gasteiger partial charge in [-0.2, -0.15) is 26.3 Å². The Morgan fingerprint density at radius 1 is 0.977 bits per heavy atom. The first-order valence-electron chi connectivity index (χ1n) is 13.4. The zero-order valence-electron chi connectivity index (χ0n) is 22.7. The Labute approximate surface area is 240 Å². The van der Waals surface area contributed by atoms with Gasteiger partial charge in [-0.3, -0.25) is 14.6 Å². The fraction of sp³-hybridized carbons (Fsp3) is 0.462. The number of hydrogen-bond donors (Lipinski definition) is 1. The van der Waals surface area contributed by atoms with E-state index in [4.69, 9.17) is 4.74 Å². The molecule has 3 aromatic heterocycles. The molecule has 1 atom stereocenters. The van der Waals surface area contributed by atoms with Crippen molar-refractivity contribution in [3.63, 3.8) is 0 Å². The topological polar surface area (TPSA) is 120 Å². The zero-order valence-corrected chi connectivity index (χ0v) is 22.7. The number of alkyl halides is 6. The first-order chi connectivity index (χ1) is 20.3. The number of nitrogens with one attached hydrogen (secondary N) is 1. The van der Waals surface area contributed by atoms with Gasteiger partial charge in [0.15, 0.2) is 11.3 Å². The maximum absolute atomic E-state index is 13.9. The SMILES string of the molecule is C[C@@H]1CN(C(=O)c2cc(Oc3n[nH]c(=O)c(C(F)(F)F)c3N3CCCCC3)ccn2)CCN1c1cnc(C(F)(F)F)cn1. The van der Waals surface area contributed by atoms with Gasteiger partial charge >= 0.3 is 12.4 Å². The van der Waals surface area contributed by atoms with Gasteiger partial charge in [0.25, 0.3) is 17.3 Å². The van der Waals surface area contributed by atoms with E-state index < -0.39 is 46.6 Å². The van der Waals surface area contributed by atoms with Crippen molar-refractivity contribution in [3.05, 3.63) is 58.0 Å². The second kappa shape index (κ2) is 11.7. The Hall–Kier alpha value is -4.44. The van der Waals surface area contributed by atoms with Crippen molar-refractivity contribution in [1.29, 1.82) is 0 Å². The summed E-state index contributed by atoms with van der Waals surface area (Å²) in [7, 11) is 0. The van der Waals surface area contributed by atoms with Crippen LogP contribution < -0.4 is 20.1 Å². The number of H-pyrrole nitrogens is 1. The van der Waals surface area contributed by atoms with Crippen LogP contribution in [-0.4, -0.2) is 74.7 Å². The van der Waals surface area contributed by atoms with Crippen molar-refractivity contribution in [1.82, 2.24) is 30.0 Å². The number of ether oxygens (including phenoxy) is 1. The minimum absolute atomic E-state index is 0.0176. The van der Waals surface area contributed by atoms with E-state index >= 15 is 0 Å². The molecule has 2 aliphatic heterocycles. The fourth-order valence-electron chi connectivity index (χ4n) is 5.13. The number of nitrogens with zero attached hydrogens (tertiary/aromatic N) is 7. The van der Waals surface area contributed by atoms with Gasteiger partial charge < -0.3 is 19.4 Å². The lowest BCUT2D eigenvalue weighted by Gasteiger charge is -2.40. The molecule has 43 heavy (non-hydrogen) atoms. The van der Waals surface area contributed by atoms with Crippen LogP contribution in [0.2, 0.25) is 0 Å². The molecule has 0 aromatic carbocycles. The van der Waals surface area contributed by atoms with E-state index in [-0.39, 0.29) is 56.0 Å². The second-order valence-electron chi connectivity index (χ2n) is 10.2. The predicted molar refractivity (Wildman–Crippen MR) is 140 cm³/mol. The van der Waals surface area contributed by atoms with Crippen LogP contribution >= 0.6 is 0 Å². The van der Waals surface area contributed by atoms with E-state index in [1.54, 1.807) is 11.8 Å². The molecule has 3 aromatic rings. The molecule has 5 rings (SSSR count). The Balaban J connectivity index is 1.34. The van der Waals surface area contributed by atoms with E-state index in [0.29, 0.717) is 19.0 Å². The van der Waals surface area contributed by atoms with Gasteiger partial charge in [0.05, 0.1) is 12.4 Å². The van der Waals surface area contributed by atoms with E-state index in [0.717, 1.165) is 12.6 Å². The minimum atomic E-state index is -4.97. The molecule has 0 spiro atoms. The molecule has 1 amide bonds. The third-order valence-electron chi connectivity index (χ3n) is 7.18. The van der Waals surface area contributed by atoms with Crippen LogP contribution in [0.5, 0.6) is 11.6 Å². The average molecular weight is 613 g/mol. The van der Waals surface area contributed by atoms with Crippen LogP contribution in [0, 0.1) is 0 Å². The van der Waals surface area contributed by atoms with Crippen LogP contribution in [0.25, 0.3) is 0 Å². The first kappa shape index (κ1) is 30.0. The molecule has 0 saturated carbocycles. The number of pyridine rings is 1. The summed E-state index contributed by atoms with van der Waals surface area (Å²) in [6.07, 6.45) is -4.53. The molecule has 2 aliphatic rings. The van der Waals surface area contributed by atoms with Crippen LogP contribution in [0.15, 0.2) is 35.5 Å². The highest BCUT2D eigenvalue weighted by molar-refractivity contribution is 5.93. The van der Waals surface area contributed by atoms with Gasteiger partial charge in [-0.15, -0.1) is 5.10 Å². The van der Waals surface area contributed by atoms with Crippen LogP contribution in [0.4, 0.5) is 37.8 Å². The number of anilines is 2. The van der Waals surface area contributed by atoms with Gasteiger partial charge in [-0.05, 0) is 32.3 Å². The standard InChI is InChI=1S/C26H26F6N8O3/c1-15-14-39(9-10-40(15)19-13-34-18(12-35-19)25(27,28)29)24(42)17-11-16(5-6-33-17)43-23-21(38-7-3-2-4-8-38)20(26(30,31)32)22(41)36-37-23/h5-6,11-13,15H,2-4,7-10,14H2,1H3,(H,36,41)/t15-/m1/s1. The number of hydrogen-bond acceptors (Lipinski definition) is 9. The molecular formula is C26H26F6N8O3. The van der Waals surface area contributed by atoms with Crippen molar-refractivity contribution < 1.29 is 35.9 Å². The van der Waals surface area contributed by atoms with Gasteiger partial charge in [-0.1, -0.05) is 0 Å². The smallest absolute Gasteiger partial charge is 0.434 e. The number of aromatic nitrogens is 5. The number of carbonyl (C=O) groups is 1. The minimum Gasteiger partial charge on any atom is -0.436 e. The summed E-state index contributed by atoms with van der Waals surface area (Å²) in [5, 5.41) is 5.62. The van der Waals surface area contributed by atoms with E-state index in [2.05, 4.69) is 20.1 Å². The highest BCUT2D eigenvalue weighted by Gasteiger charge is 2.41. The third kappa shape index (κ3) is 6.49. The van der Waals surface area contributed by atoms with E-state index in [1.807, 2.05) is 5.10 Å². The molecule has 0 unspecified atom stereocenters. The zero-order chi connectivity index (χ0) is 30.9. The second-order valence-corrected chi connectivity index (χ2v) is 10.2. The van der Waals surface area contributed by atoms with E-state index in [1.165, 1.54) is 28.1 Å². The Kier molecular flexibility index (Phi) is 8.16. The molecule has 0 radical (unpaired) electrons. The lowest BCUT2D eigenvalue weighted by molar-refractivity contribution is -0.141. The molecule has 2 fully saturated rings. The summed E-state index contributed by atoms with van der Waals surface area (Å²) in [5.41, 5.74) is -4.42. The number of carbonyl (C=O) groups excluding carboxylic acids is 1. The fourth-order valence-corrected chi connectivity index (χ4v) is 5.13. The van der Waals surface area contributed by atoms with Crippen LogP contribution in [0.3, 0.4) is 0 Å². The molecule has 230 valence electrons. The Morgan fingerprint density at radius 2 is 1.72 bits per heavy atom. The van der Waals surface area contributed by atoms with Crippen molar-refractivity contribution in [2.24, 2.45) is 0 Å².